The number of hydrogen-bond acceptors (Lipinski definition) is 4. The summed E-state index contributed by atoms with van der Waals surface area (Å²) in [6.45, 7) is 11.5. The van der Waals surface area contributed by atoms with Gasteiger partial charge >= 0.3 is 0 Å². The standard InChI is InChI=1S/C21H28N4O2/c1-6-22-20(24-13-19-23-12-18(27-19)21(3,4)5)25-14(2)17-11-15-9-7-8-10-16(15)26-17/h7-12,14H,6,13H2,1-5H3,(H2,22,24,25). The molecular weight excluding hydrogens is 340 g/mol. The normalized spacial score (nSPS) is 13.7. The number of nitrogens with one attached hydrogen (secondary N) is 2. The van der Waals surface area contributed by atoms with Crippen LogP contribution in [-0.2, 0) is 12.0 Å². The molecule has 0 bridgehead atoms. The number of nitrogens with zero attached hydrogens (tertiary/aromatic N) is 2. The summed E-state index contributed by atoms with van der Waals surface area (Å²) in [5, 5.41) is 7.73. The van der Waals surface area contributed by atoms with Crippen LogP contribution in [0, 0.1) is 0 Å². The van der Waals surface area contributed by atoms with E-state index in [9.17, 15) is 0 Å². The molecule has 0 saturated heterocycles. The number of benzene rings is 1. The highest BCUT2D eigenvalue weighted by Gasteiger charge is 2.19. The van der Waals surface area contributed by atoms with Gasteiger partial charge in [0.15, 0.2) is 5.96 Å². The molecule has 27 heavy (non-hydrogen) atoms. The van der Waals surface area contributed by atoms with E-state index in [0.29, 0.717) is 18.4 Å². The lowest BCUT2D eigenvalue weighted by Gasteiger charge is -2.16. The van der Waals surface area contributed by atoms with Gasteiger partial charge in [-0.05, 0) is 26.0 Å². The quantitative estimate of drug-likeness (QED) is 0.511. The molecule has 0 aliphatic carbocycles. The summed E-state index contributed by atoms with van der Waals surface area (Å²) >= 11 is 0. The molecule has 6 heteroatoms. The number of oxazole rings is 1. The number of aromatic nitrogens is 1. The van der Waals surface area contributed by atoms with Crippen LogP contribution in [0.2, 0.25) is 0 Å². The van der Waals surface area contributed by atoms with E-state index in [2.05, 4.69) is 47.4 Å². The third-order valence-electron chi connectivity index (χ3n) is 4.23. The van der Waals surface area contributed by atoms with Crippen molar-refractivity contribution in [2.24, 2.45) is 4.99 Å². The summed E-state index contributed by atoms with van der Waals surface area (Å²) in [7, 11) is 0. The Kier molecular flexibility index (Phi) is 5.54. The lowest BCUT2D eigenvalue weighted by atomic mass is 9.94. The van der Waals surface area contributed by atoms with Crippen molar-refractivity contribution in [3.8, 4) is 0 Å². The second-order valence-electron chi connectivity index (χ2n) is 7.62. The van der Waals surface area contributed by atoms with Gasteiger partial charge in [-0.25, -0.2) is 9.98 Å². The van der Waals surface area contributed by atoms with Crippen molar-refractivity contribution in [3.05, 3.63) is 53.9 Å². The molecule has 2 N–H and O–H groups in total. The first-order chi connectivity index (χ1) is 12.9. The van der Waals surface area contributed by atoms with Crippen LogP contribution in [0.1, 0.15) is 58.1 Å². The van der Waals surface area contributed by atoms with E-state index >= 15 is 0 Å². The van der Waals surface area contributed by atoms with Crippen LogP contribution in [0.15, 0.2) is 50.4 Å². The Labute approximate surface area is 160 Å². The monoisotopic (exact) mass is 368 g/mol. The number of fused-ring (bicyclic) bond motifs is 1. The minimum Gasteiger partial charge on any atom is -0.459 e. The summed E-state index contributed by atoms with van der Waals surface area (Å²) in [5.41, 5.74) is 0.825. The maximum Gasteiger partial charge on any atom is 0.216 e. The predicted octanol–water partition coefficient (Wildman–Crippen LogP) is 4.53. The lowest BCUT2D eigenvalue weighted by Crippen LogP contribution is -2.38. The first-order valence-electron chi connectivity index (χ1n) is 9.35. The molecule has 3 aromatic rings. The smallest absolute Gasteiger partial charge is 0.216 e. The highest BCUT2D eigenvalue weighted by atomic mass is 16.4. The number of furan rings is 1. The Morgan fingerprint density at radius 2 is 2.00 bits per heavy atom. The summed E-state index contributed by atoms with van der Waals surface area (Å²) in [6.07, 6.45) is 1.78. The molecule has 0 aliphatic heterocycles. The van der Waals surface area contributed by atoms with Crippen LogP contribution in [-0.4, -0.2) is 17.5 Å². The van der Waals surface area contributed by atoms with Crippen LogP contribution < -0.4 is 10.6 Å². The molecule has 0 aliphatic rings. The van der Waals surface area contributed by atoms with Gasteiger partial charge in [0, 0.05) is 17.3 Å². The molecule has 0 spiro atoms. The van der Waals surface area contributed by atoms with Crippen LogP contribution in [0.5, 0.6) is 0 Å². The zero-order valence-corrected chi connectivity index (χ0v) is 16.7. The van der Waals surface area contributed by atoms with Gasteiger partial charge in [-0.3, -0.25) is 0 Å². The molecule has 6 nitrogen and oxygen atoms in total. The van der Waals surface area contributed by atoms with E-state index in [1.165, 1.54) is 0 Å². The Balaban J connectivity index is 1.70. The van der Waals surface area contributed by atoms with E-state index in [1.54, 1.807) is 6.20 Å². The fraction of sp³-hybridized carbons (Fsp3) is 0.429. The van der Waals surface area contributed by atoms with Crippen LogP contribution in [0.3, 0.4) is 0 Å². The second kappa shape index (κ2) is 7.86. The van der Waals surface area contributed by atoms with Crippen molar-refractivity contribution in [1.29, 1.82) is 0 Å². The van der Waals surface area contributed by atoms with Crippen LogP contribution >= 0.6 is 0 Å². The molecule has 3 rings (SSSR count). The van der Waals surface area contributed by atoms with Gasteiger partial charge in [0.2, 0.25) is 5.89 Å². The molecule has 144 valence electrons. The van der Waals surface area contributed by atoms with Gasteiger partial charge in [0.1, 0.15) is 23.6 Å². The predicted molar refractivity (Wildman–Crippen MR) is 108 cm³/mol. The van der Waals surface area contributed by atoms with Crippen molar-refractivity contribution in [1.82, 2.24) is 15.6 Å². The zero-order chi connectivity index (χ0) is 19.4. The summed E-state index contributed by atoms with van der Waals surface area (Å²) < 4.78 is 11.8. The SMILES string of the molecule is CCNC(=NCc1ncc(C(C)(C)C)o1)NC(C)c1cc2ccccc2o1. The van der Waals surface area contributed by atoms with Crippen molar-refractivity contribution < 1.29 is 8.83 Å². The molecule has 1 unspecified atom stereocenters. The van der Waals surface area contributed by atoms with Crippen molar-refractivity contribution in [2.75, 3.05) is 6.54 Å². The summed E-state index contributed by atoms with van der Waals surface area (Å²) in [6, 6.07) is 10.0. The van der Waals surface area contributed by atoms with Crippen LogP contribution in [0.25, 0.3) is 11.0 Å². The maximum atomic E-state index is 5.94. The molecular formula is C21H28N4O2. The molecule has 0 saturated carbocycles. The molecule has 2 heterocycles. The van der Waals surface area contributed by atoms with E-state index in [1.807, 2.05) is 38.1 Å². The van der Waals surface area contributed by atoms with Gasteiger partial charge < -0.3 is 19.5 Å². The average Bonchev–Trinajstić information content (AvgIpc) is 3.26. The number of aliphatic imine (C=N–C) groups is 1. The highest BCUT2D eigenvalue weighted by Crippen LogP contribution is 2.24. The first kappa shape index (κ1) is 19.0. The topological polar surface area (TPSA) is 75.6 Å². The molecule has 2 aromatic heterocycles. The minimum atomic E-state index is -0.0620. The lowest BCUT2D eigenvalue weighted by molar-refractivity contribution is 0.383. The van der Waals surface area contributed by atoms with Gasteiger partial charge in [-0.1, -0.05) is 39.0 Å². The molecule has 1 atom stereocenters. The Morgan fingerprint density at radius 1 is 1.22 bits per heavy atom. The molecule has 0 fully saturated rings. The number of rotatable bonds is 5. The fourth-order valence-electron chi connectivity index (χ4n) is 2.69. The Morgan fingerprint density at radius 3 is 2.67 bits per heavy atom. The third kappa shape index (κ3) is 4.70. The fourth-order valence-corrected chi connectivity index (χ4v) is 2.69. The summed E-state index contributed by atoms with van der Waals surface area (Å²) in [5.74, 6) is 3.03. The van der Waals surface area contributed by atoms with Crippen molar-refractivity contribution >= 4 is 16.9 Å². The largest absolute Gasteiger partial charge is 0.459 e. The average molecular weight is 368 g/mol. The Bertz CT molecular complexity index is 885. The maximum absolute atomic E-state index is 5.94. The number of para-hydroxylation sites is 1. The van der Waals surface area contributed by atoms with Gasteiger partial charge in [0.05, 0.1) is 12.2 Å². The first-order valence-corrected chi connectivity index (χ1v) is 9.35. The minimum absolute atomic E-state index is 0.0232. The van der Waals surface area contributed by atoms with E-state index in [4.69, 9.17) is 8.83 Å². The van der Waals surface area contributed by atoms with Crippen LogP contribution in [0.4, 0.5) is 0 Å². The number of hydrogen-bond donors (Lipinski definition) is 2. The van der Waals surface area contributed by atoms with Crippen molar-refractivity contribution in [3.63, 3.8) is 0 Å². The Hall–Kier alpha value is -2.76. The second-order valence-corrected chi connectivity index (χ2v) is 7.62. The highest BCUT2D eigenvalue weighted by molar-refractivity contribution is 5.81. The summed E-state index contributed by atoms with van der Waals surface area (Å²) in [4.78, 5) is 8.93. The van der Waals surface area contributed by atoms with Gasteiger partial charge in [-0.15, -0.1) is 0 Å². The van der Waals surface area contributed by atoms with Crippen molar-refractivity contribution in [2.45, 2.75) is 52.6 Å². The third-order valence-corrected chi connectivity index (χ3v) is 4.23. The molecule has 1 aromatic carbocycles. The molecule has 0 radical (unpaired) electrons. The van der Waals surface area contributed by atoms with E-state index < -0.39 is 0 Å². The zero-order valence-electron chi connectivity index (χ0n) is 16.7. The van der Waals surface area contributed by atoms with Gasteiger partial charge in [-0.2, -0.15) is 0 Å². The van der Waals surface area contributed by atoms with E-state index in [-0.39, 0.29) is 11.5 Å². The number of guanidine groups is 1. The van der Waals surface area contributed by atoms with E-state index in [0.717, 1.165) is 29.0 Å². The van der Waals surface area contributed by atoms with Gasteiger partial charge in [0.25, 0.3) is 0 Å². The molecule has 0 amide bonds.